The number of nitrogens with zero attached hydrogens (tertiary/aromatic N) is 4. The summed E-state index contributed by atoms with van der Waals surface area (Å²) in [5.41, 5.74) is 0.960. The van der Waals surface area contributed by atoms with Gasteiger partial charge in [-0.3, -0.25) is 4.79 Å². The molecule has 0 radical (unpaired) electrons. The highest BCUT2D eigenvalue weighted by Gasteiger charge is 2.18. The number of rotatable bonds is 4. The number of carbonyl (C=O) groups excluding carboxylic acids is 1. The van der Waals surface area contributed by atoms with Gasteiger partial charge in [0.2, 0.25) is 0 Å². The predicted molar refractivity (Wildman–Crippen MR) is 109 cm³/mol. The third-order valence-corrected chi connectivity index (χ3v) is 4.75. The zero-order valence-corrected chi connectivity index (χ0v) is 15.6. The molecule has 0 spiro atoms. The quantitative estimate of drug-likeness (QED) is 0.458. The van der Waals surface area contributed by atoms with Gasteiger partial charge in [-0.25, -0.2) is 0 Å². The van der Waals surface area contributed by atoms with Crippen molar-refractivity contribution >= 4 is 44.5 Å². The molecule has 4 aromatic rings. The number of carbonyl (C=O) groups is 1. The monoisotopic (exact) mass is 389 g/mol. The Labute approximate surface area is 164 Å². The van der Waals surface area contributed by atoms with E-state index in [-0.39, 0.29) is 17.0 Å². The normalized spacial score (nSPS) is 11.2. The number of anilines is 1. The minimum Gasteiger partial charge on any atom is -0.505 e. The summed E-state index contributed by atoms with van der Waals surface area (Å²) in [6.07, 6.45) is 0. The van der Waals surface area contributed by atoms with Crippen molar-refractivity contribution in [3.63, 3.8) is 0 Å². The van der Waals surface area contributed by atoms with E-state index in [1.807, 2.05) is 49.4 Å². The summed E-state index contributed by atoms with van der Waals surface area (Å²) in [4.78, 5) is 12.7. The Morgan fingerprint density at radius 3 is 2.54 bits per heavy atom. The van der Waals surface area contributed by atoms with Crippen LogP contribution in [0.2, 0.25) is 0 Å². The molecule has 0 atom stereocenters. The molecule has 1 heterocycles. The molecule has 0 bridgehead atoms. The second kappa shape index (κ2) is 7.53. The molecule has 0 saturated carbocycles. The number of fused-ring (bicyclic) bond motifs is 1. The second-order valence-electron chi connectivity index (χ2n) is 5.97. The van der Waals surface area contributed by atoms with Gasteiger partial charge in [0.1, 0.15) is 10.7 Å². The lowest BCUT2D eigenvalue weighted by molar-refractivity contribution is 0.102. The Morgan fingerprint density at radius 2 is 1.79 bits per heavy atom. The number of aromatic nitrogens is 2. The van der Waals surface area contributed by atoms with Gasteiger partial charge in [-0.1, -0.05) is 53.8 Å². The number of aryl methyl sites for hydroxylation is 1. The van der Waals surface area contributed by atoms with E-state index in [1.165, 1.54) is 11.3 Å². The Hall–Kier alpha value is -3.65. The van der Waals surface area contributed by atoms with E-state index >= 15 is 0 Å². The fourth-order valence-electron chi connectivity index (χ4n) is 2.73. The third-order valence-electron chi connectivity index (χ3n) is 4.02. The molecule has 1 aromatic heterocycles. The zero-order valence-electron chi connectivity index (χ0n) is 14.8. The number of aromatic hydroxyl groups is 1. The zero-order chi connectivity index (χ0) is 19.5. The van der Waals surface area contributed by atoms with Crippen molar-refractivity contribution in [1.29, 1.82) is 0 Å². The van der Waals surface area contributed by atoms with Crippen molar-refractivity contribution < 1.29 is 9.90 Å². The van der Waals surface area contributed by atoms with Gasteiger partial charge in [-0.05, 0) is 30.5 Å². The van der Waals surface area contributed by atoms with Gasteiger partial charge in [0.25, 0.3) is 11.0 Å². The highest BCUT2D eigenvalue weighted by atomic mass is 32.1. The van der Waals surface area contributed by atoms with Crippen LogP contribution >= 0.6 is 11.3 Å². The van der Waals surface area contributed by atoms with Gasteiger partial charge in [0, 0.05) is 11.1 Å². The lowest BCUT2D eigenvalue weighted by Crippen LogP contribution is -2.12. The maximum absolute atomic E-state index is 12.7. The van der Waals surface area contributed by atoms with Crippen LogP contribution in [0.25, 0.3) is 10.8 Å². The van der Waals surface area contributed by atoms with E-state index in [9.17, 15) is 9.90 Å². The standard InChI is InChI=1S/C20H15N5O2S/c1-12-22-24-20(28-12)25-23-17-15-10-6-5-7-13(15)11-16(18(17)26)19(27)21-14-8-3-2-4-9-14/h2-11,26H,1H3,(H,21,27). The van der Waals surface area contributed by atoms with Crippen LogP contribution in [0.4, 0.5) is 16.5 Å². The molecule has 28 heavy (non-hydrogen) atoms. The molecule has 0 fully saturated rings. The first kappa shape index (κ1) is 17.7. The largest absolute Gasteiger partial charge is 0.505 e. The Bertz CT molecular complexity index is 1190. The minimum atomic E-state index is -0.433. The Morgan fingerprint density at radius 1 is 1.04 bits per heavy atom. The molecule has 0 aliphatic heterocycles. The minimum absolute atomic E-state index is 0.116. The molecule has 7 nitrogen and oxygen atoms in total. The summed E-state index contributed by atoms with van der Waals surface area (Å²) >= 11 is 1.29. The molecule has 3 aromatic carbocycles. The molecule has 0 unspecified atom stereocenters. The lowest BCUT2D eigenvalue weighted by Gasteiger charge is -2.11. The van der Waals surface area contributed by atoms with E-state index in [0.717, 1.165) is 10.4 Å². The van der Waals surface area contributed by atoms with Crippen molar-refractivity contribution in [2.24, 2.45) is 10.2 Å². The molecule has 4 rings (SSSR count). The summed E-state index contributed by atoms with van der Waals surface area (Å²) < 4.78 is 0. The molecule has 0 aliphatic rings. The smallest absolute Gasteiger partial charge is 0.259 e. The Balaban J connectivity index is 1.78. The fraction of sp³-hybridized carbons (Fsp3) is 0.0500. The maximum atomic E-state index is 12.7. The lowest BCUT2D eigenvalue weighted by atomic mass is 10.0. The van der Waals surface area contributed by atoms with E-state index in [1.54, 1.807) is 18.2 Å². The van der Waals surface area contributed by atoms with Gasteiger partial charge in [0.05, 0.1) is 5.56 Å². The molecule has 0 saturated heterocycles. The SMILES string of the molecule is Cc1nnc(N=Nc2c(O)c(C(=O)Nc3ccccc3)cc3ccccc23)s1. The molecule has 1 amide bonds. The molecule has 8 heteroatoms. The van der Waals surface area contributed by atoms with E-state index in [4.69, 9.17) is 0 Å². The van der Waals surface area contributed by atoms with Gasteiger partial charge in [0.15, 0.2) is 5.75 Å². The number of phenols is 1. The van der Waals surface area contributed by atoms with E-state index in [2.05, 4.69) is 25.7 Å². The Kier molecular flexibility index (Phi) is 4.77. The summed E-state index contributed by atoms with van der Waals surface area (Å²) in [5, 5.41) is 32.2. The highest BCUT2D eigenvalue weighted by Crippen LogP contribution is 2.39. The first-order valence-electron chi connectivity index (χ1n) is 8.45. The number of hydrogen-bond acceptors (Lipinski definition) is 7. The van der Waals surface area contributed by atoms with Crippen LogP contribution in [-0.2, 0) is 0 Å². The van der Waals surface area contributed by atoms with E-state index in [0.29, 0.717) is 16.2 Å². The van der Waals surface area contributed by atoms with Crippen LogP contribution in [0.1, 0.15) is 15.4 Å². The first-order valence-corrected chi connectivity index (χ1v) is 9.26. The summed E-state index contributed by atoms with van der Waals surface area (Å²) in [7, 11) is 0. The summed E-state index contributed by atoms with van der Waals surface area (Å²) in [6, 6.07) is 18.0. The van der Waals surface area contributed by atoms with Crippen molar-refractivity contribution in [2.45, 2.75) is 6.92 Å². The first-order chi connectivity index (χ1) is 13.6. The number of hydrogen-bond donors (Lipinski definition) is 2. The molecular weight excluding hydrogens is 374 g/mol. The average molecular weight is 389 g/mol. The number of phenolic OH excluding ortho intramolecular Hbond substituents is 1. The van der Waals surface area contributed by atoms with E-state index < -0.39 is 5.91 Å². The van der Waals surface area contributed by atoms with Gasteiger partial charge in [-0.15, -0.1) is 20.4 Å². The number of para-hydroxylation sites is 1. The van der Waals surface area contributed by atoms with Crippen molar-refractivity contribution in [3.05, 3.63) is 71.2 Å². The highest BCUT2D eigenvalue weighted by molar-refractivity contribution is 7.14. The predicted octanol–water partition coefficient (Wildman–Crippen LogP) is 5.37. The summed E-state index contributed by atoms with van der Waals surface area (Å²) in [5.74, 6) is -0.671. The fourth-order valence-corrected chi connectivity index (χ4v) is 3.24. The number of azo groups is 1. The maximum Gasteiger partial charge on any atom is 0.259 e. The van der Waals surface area contributed by atoms with Crippen LogP contribution in [0.3, 0.4) is 0 Å². The molecule has 0 aliphatic carbocycles. The third kappa shape index (κ3) is 3.58. The average Bonchev–Trinajstić information content (AvgIpc) is 3.12. The molecule has 138 valence electrons. The number of benzene rings is 3. The van der Waals surface area contributed by atoms with Crippen molar-refractivity contribution in [3.8, 4) is 5.75 Å². The van der Waals surface area contributed by atoms with Gasteiger partial charge in [-0.2, -0.15) is 0 Å². The second-order valence-corrected chi connectivity index (χ2v) is 7.13. The van der Waals surface area contributed by atoms with Crippen LogP contribution < -0.4 is 5.32 Å². The number of amides is 1. The molecular formula is C20H15N5O2S. The van der Waals surface area contributed by atoms with Crippen molar-refractivity contribution in [1.82, 2.24) is 10.2 Å². The van der Waals surface area contributed by atoms with Crippen molar-refractivity contribution in [2.75, 3.05) is 5.32 Å². The topological polar surface area (TPSA) is 99.8 Å². The van der Waals surface area contributed by atoms with Crippen LogP contribution in [0, 0.1) is 6.92 Å². The van der Waals surface area contributed by atoms with Crippen LogP contribution in [0.15, 0.2) is 70.9 Å². The number of nitrogens with one attached hydrogen (secondary N) is 1. The molecule has 2 N–H and O–H groups in total. The van der Waals surface area contributed by atoms with Crippen LogP contribution in [-0.4, -0.2) is 21.2 Å². The van der Waals surface area contributed by atoms with Gasteiger partial charge < -0.3 is 10.4 Å². The van der Waals surface area contributed by atoms with Crippen LogP contribution in [0.5, 0.6) is 5.75 Å². The summed E-state index contributed by atoms with van der Waals surface area (Å²) in [6.45, 7) is 1.82. The van der Waals surface area contributed by atoms with Gasteiger partial charge >= 0.3 is 0 Å².